The van der Waals surface area contributed by atoms with Crippen LogP contribution >= 0.6 is 0 Å². The zero-order valence-electron chi connectivity index (χ0n) is 14.1. The van der Waals surface area contributed by atoms with Gasteiger partial charge in [-0.25, -0.2) is 28.1 Å². The summed E-state index contributed by atoms with van der Waals surface area (Å²) in [5, 5.41) is 0. The number of aromatic nitrogens is 6. The molecule has 12 heteroatoms. The lowest BCUT2D eigenvalue weighted by Gasteiger charge is -2.02. The molecule has 0 saturated carbocycles. The number of nitrogens with zero attached hydrogens (tertiary/aromatic N) is 6. The van der Waals surface area contributed by atoms with Crippen molar-refractivity contribution in [3.63, 3.8) is 0 Å². The molecule has 0 aliphatic heterocycles. The Bertz CT molecular complexity index is 726. The maximum absolute atomic E-state index is 11.1. The van der Waals surface area contributed by atoms with Crippen molar-refractivity contribution in [2.24, 2.45) is 21.1 Å². The summed E-state index contributed by atoms with van der Waals surface area (Å²) in [5.41, 5.74) is -1.82. The quantitative estimate of drug-likeness (QED) is 0.603. The molecule has 0 aliphatic rings. The average molecular weight is 342 g/mol. The molecular formula is C12H18N6O6. The van der Waals surface area contributed by atoms with Gasteiger partial charge in [0.25, 0.3) is 0 Å². The summed E-state index contributed by atoms with van der Waals surface area (Å²) in [6.45, 7) is 0. The van der Waals surface area contributed by atoms with Crippen molar-refractivity contribution < 1.29 is 14.2 Å². The van der Waals surface area contributed by atoms with Crippen LogP contribution in [-0.4, -0.2) is 50.0 Å². The second-order valence-corrected chi connectivity index (χ2v) is 4.32. The molecule has 2 rings (SSSR count). The van der Waals surface area contributed by atoms with Gasteiger partial charge < -0.3 is 14.2 Å². The highest BCUT2D eigenvalue weighted by Gasteiger charge is 2.06. The van der Waals surface area contributed by atoms with Crippen molar-refractivity contribution in [1.82, 2.24) is 28.7 Å². The second kappa shape index (κ2) is 7.89. The molecule has 24 heavy (non-hydrogen) atoms. The van der Waals surface area contributed by atoms with Crippen molar-refractivity contribution in [2.45, 2.75) is 0 Å². The fraction of sp³-hybridized carbons (Fsp3) is 0.500. The van der Waals surface area contributed by atoms with Gasteiger partial charge in [0.1, 0.15) is 0 Å². The van der Waals surface area contributed by atoms with Gasteiger partial charge in [-0.15, -0.1) is 15.0 Å². The van der Waals surface area contributed by atoms with Gasteiger partial charge in [-0.3, -0.25) is 0 Å². The summed E-state index contributed by atoms with van der Waals surface area (Å²) in [6, 6.07) is 0.496. The molecule has 0 amide bonds. The summed E-state index contributed by atoms with van der Waals surface area (Å²) in [6.07, 6.45) is 0. The molecule has 0 atom stereocenters. The minimum atomic E-state index is -0.608. The Balaban J connectivity index is 0.000000240. The molecule has 0 unspecified atom stereocenters. The molecule has 2 aromatic heterocycles. The Labute approximate surface area is 135 Å². The van der Waals surface area contributed by atoms with Gasteiger partial charge in [0, 0.05) is 21.1 Å². The smallest absolute Gasteiger partial charge is 0.335 e. The van der Waals surface area contributed by atoms with E-state index >= 15 is 0 Å². The summed E-state index contributed by atoms with van der Waals surface area (Å²) < 4.78 is 17.0. The second-order valence-electron chi connectivity index (χ2n) is 4.32. The molecule has 132 valence electrons. The molecule has 0 saturated heterocycles. The van der Waals surface area contributed by atoms with E-state index in [9.17, 15) is 14.4 Å². The molecule has 0 aliphatic carbocycles. The first-order valence-corrected chi connectivity index (χ1v) is 6.47. The molecule has 2 heterocycles. The Morgan fingerprint density at radius 2 is 0.792 bits per heavy atom. The molecule has 0 spiro atoms. The van der Waals surface area contributed by atoms with E-state index in [4.69, 9.17) is 14.2 Å². The molecule has 0 fully saturated rings. The van der Waals surface area contributed by atoms with E-state index in [1.54, 1.807) is 0 Å². The highest BCUT2D eigenvalue weighted by Crippen LogP contribution is 2.12. The summed E-state index contributed by atoms with van der Waals surface area (Å²) >= 11 is 0. The lowest BCUT2D eigenvalue weighted by atomic mass is 10.8. The molecule has 12 nitrogen and oxygen atoms in total. The standard InChI is InChI=1S/2C6H9N3O3/c1-10-4-7-5(11-2)9-6(8-4)12-3;1-7-4(10)8(2)6(12)9(3)5(7)11/h2*1-3H3. The normalized spacial score (nSPS) is 9.75. The zero-order chi connectivity index (χ0) is 18.4. The number of hydrogen-bond acceptors (Lipinski definition) is 9. The van der Waals surface area contributed by atoms with Gasteiger partial charge in [0.05, 0.1) is 21.3 Å². The zero-order valence-corrected chi connectivity index (χ0v) is 14.1. The van der Waals surface area contributed by atoms with Crippen molar-refractivity contribution >= 4 is 0 Å². The third kappa shape index (κ3) is 3.97. The molecule has 0 aromatic carbocycles. The monoisotopic (exact) mass is 342 g/mol. The predicted octanol–water partition coefficient (Wildman–Crippen LogP) is -2.32. The van der Waals surface area contributed by atoms with Gasteiger partial charge in [0.15, 0.2) is 0 Å². The molecule has 2 aromatic rings. The van der Waals surface area contributed by atoms with E-state index in [0.717, 1.165) is 13.7 Å². The number of hydrogen-bond donors (Lipinski definition) is 0. The largest absolute Gasteiger partial charge is 0.467 e. The van der Waals surface area contributed by atoms with Crippen LogP contribution in [0, 0.1) is 0 Å². The minimum Gasteiger partial charge on any atom is -0.467 e. The van der Waals surface area contributed by atoms with Crippen molar-refractivity contribution in [3.8, 4) is 18.0 Å². The van der Waals surface area contributed by atoms with Gasteiger partial charge in [-0.05, 0) is 0 Å². The predicted molar refractivity (Wildman–Crippen MR) is 81.6 cm³/mol. The molecule has 0 N–H and O–H groups in total. The first kappa shape index (κ1) is 18.9. The van der Waals surface area contributed by atoms with Crippen LogP contribution in [0.1, 0.15) is 0 Å². The third-order valence-electron chi connectivity index (χ3n) is 2.84. The fourth-order valence-corrected chi connectivity index (χ4v) is 1.51. The van der Waals surface area contributed by atoms with Crippen LogP contribution in [0.5, 0.6) is 18.0 Å². The first-order chi connectivity index (χ1) is 11.3. The third-order valence-corrected chi connectivity index (χ3v) is 2.84. The highest BCUT2D eigenvalue weighted by molar-refractivity contribution is 5.08. The Morgan fingerprint density at radius 3 is 0.958 bits per heavy atom. The Hall–Kier alpha value is -3.18. The van der Waals surface area contributed by atoms with E-state index in [0.29, 0.717) is 0 Å². The molecule has 0 radical (unpaired) electrons. The number of ether oxygens (including phenoxy) is 3. The van der Waals surface area contributed by atoms with E-state index in [-0.39, 0.29) is 18.0 Å². The van der Waals surface area contributed by atoms with Gasteiger partial charge in [-0.2, -0.15) is 0 Å². The maximum Gasteiger partial charge on any atom is 0.335 e. The summed E-state index contributed by atoms with van der Waals surface area (Å²) in [4.78, 5) is 44.5. The SMILES string of the molecule is COc1nc(OC)nc(OC)n1.Cn1c(=O)n(C)c(=O)n(C)c1=O. The Kier molecular flexibility index (Phi) is 6.21. The Morgan fingerprint density at radius 1 is 0.583 bits per heavy atom. The average Bonchev–Trinajstić information content (AvgIpc) is 2.63. The summed E-state index contributed by atoms with van der Waals surface area (Å²) in [5.74, 6) is 0. The van der Waals surface area contributed by atoms with Gasteiger partial charge in [0.2, 0.25) is 0 Å². The lowest BCUT2D eigenvalue weighted by Crippen LogP contribution is -2.51. The minimum absolute atomic E-state index is 0.165. The number of rotatable bonds is 3. The topological polar surface area (TPSA) is 132 Å². The van der Waals surface area contributed by atoms with E-state index in [1.807, 2.05) is 0 Å². The number of methoxy groups -OCH3 is 3. The van der Waals surface area contributed by atoms with Crippen LogP contribution in [0.2, 0.25) is 0 Å². The van der Waals surface area contributed by atoms with E-state index < -0.39 is 17.1 Å². The summed E-state index contributed by atoms with van der Waals surface area (Å²) in [7, 11) is 8.33. The van der Waals surface area contributed by atoms with E-state index in [2.05, 4.69) is 15.0 Å². The van der Waals surface area contributed by atoms with Gasteiger partial charge in [-0.1, -0.05) is 0 Å². The molecule has 0 bridgehead atoms. The van der Waals surface area contributed by atoms with E-state index in [1.165, 1.54) is 42.5 Å². The van der Waals surface area contributed by atoms with Crippen LogP contribution in [-0.2, 0) is 21.1 Å². The first-order valence-electron chi connectivity index (χ1n) is 6.47. The highest BCUT2D eigenvalue weighted by atomic mass is 16.5. The molecular weight excluding hydrogens is 324 g/mol. The van der Waals surface area contributed by atoms with Gasteiger partial charge >= 0.3 is 35.1 Å². The van der Waals surface area contributed by atoms with Crippen molar-refractivity contribution in [3.05, 3.63) is 31.5 Å². The maximum atomic E-state index is 11.1. The van der Waals surface area contributed by atoms with Crippen molar-refractivity contribution in [1.29, 1.82) is 0 Å². The van der Waals surface area contributed by atoms with Crippen molar-refractivity contribution in [2.75, 3.05) is 21.3 Å². The van der Waals surface area contributed by atoms with Crippen LogP contribution in [0.3, 0.4) is 0 Å². The van der Waals surface area contributed by atoms with Crippen LogP contribution in [0.4, 0.5) is 0 Å². The van der Waals surface area contributed by atoms with Crippen LogP contribution < -0.4 is 31.3 Å². The fourth-order valence-electron chi connectivity index (χ4n) is 1.51. The lowest BCUT2D eigenvalue weighted by molar-refractivity contribution is 0.307. The van der Waals surface area contributed by atoms with Crippen LogP contribution in [0.15, 0.2) is 14.4 Å². The van der Waals surface area contributed by atoms with Crippen LogP contribution in [0.25, 0.3) is 0 Å².